The molecule has 0 aromatic heterocycles. The summed E-state index contributed by atoms with van der Waals surface area (Å²) in [4.78, 5) is 13.1. The SMILES string of the molecule is CC(C)CCC[C@@H](C)[C@H]1CC(O[Si](C)(C)C)=C2C3=C(CC[C@@]21C)[C@@]1(C)CC[C@H](OC(=O)c2ccccc2)C(C)(C)C1CC3. The van der Waals surface area contributed by atoms with Gasteiger partial charge in [-0.25, -0.2) is 4.79 Å². The van der Waals surface area contributed by atoms with E-state index < -0.39 is 8.32 Å². The molecule has 4 aliphatic carbocycles. The molecule has 0 aliphatic heterocycles. The Morgan fingerprint density at radius 1 is 0.930 bits per heavy atom. The highest BCUT2D eigenvalue weighted by atomic mass is 28.4. The van der Waals surface area contributed by atoms with Gasteiger partial charge < -0.3 is 9.16 Å². The van der Waals surface area contributed by atoms with E-state index >= 15 is 0 Å². The van der Waals surface area contributed by atoms with Gasteiger partial charge in [0.1, 0.15) is 6.10 Å². The van der Waals surface area contributed by atoms with Crippen LogP contribution in [0.15, 0.2) is 52.8 Å². The van der Waals surface area contributed by atoms with Crippen molar-refractivity contribution >= 4 is 14.3 Å². The van der Waals surface area contributed by atoms with Crippen LogP contribution < -0.4 is 0 Å². The third kappa shape index (κ3) is 6.08. The molecule has 6 atom stereocenters. The maximum absolute atomic E-state index is 13.1. The van der Waals surface area contributed by atoms with Crippen LogP contribution in [0.2, 0.25) is 19.6 Å². The van der Waals surface area contributed by atoms with Crippen LogP contribution in [0.1, 0.15) is 123 Å². The summed E-state index contributed by atoms with van der Waals surface area (Å²) in [5, 5.41) is 0. The van der Waals surface area contributed by atoms with Crippen molar-refractivity contribution in [2.45, 2.75) is 138 Å². The quantitative estimate of drug-likeness (QED) is 0.208. The molecule has 43 heavy (non-hydrogen) atoms. The largest absolute Gasteiger partial charge is 0.547 e. The Hall–Kier alpha value is -1.81. The Morgan fingerprint density at radius 2 is 1.63 bits per heavy atom. The van der Waals surface area contributed by atoms with Gasteiger partial charge in [0.25, 0.3) is 0 Å². The molecule has 0 bridgehead atoms. The first-order chi connectivity index (χ1) is 20.1. The number of hydrogen-bond acceptors (Lipinski definition) is 3. The summed E-state index contributed by atoms with van der Waals surface area (Å²) in [6.07, 6.45) is 11.8. The fourth-order valence-corrected chi connectivity index (χ4v) is 11.1. The van der Waals surface area contributed by atoms with E-state index in [0.29, 0.717) is 23.3 Å². The van der Waals surface area contributed by atoms with Crippen molar-refractivity contribution in [2.24, 2.45) is 39.9 Å². The molecule has 1 saturated carbocycles. The lowest BCUT2D eigenvalue weighted by molar-refractivity contribution is -0.0993. The second-order valence-electron chi connectivity index (χ2n) is 17.1. The Kier molecular flexibility index (Phi) is 8.97. The van der Waals surface area contributed by atoms with Gasteiger partial charge in [0.05, 0.1) is 11.3 Å². The Balaban J connectivity index is 1.45. The molecule has 0 N–H and O–H groups in total. The number of allylic oxidation sites excluding steroid dienone is 4. The van der Waals surface area contributed by atoms with Crippen LogP contribution >= 0.6 is 0 Å². The third-order valence-corrected chi connectivity index (χ3v) is 13.1. The van der Waals surface area contributed by atoms with E-state index in [1.54, 1.807) is 16.7 Å². The topological polar surface area (TPSA) is 35.5 Å². The van der Waals surface area contributed by atoms with Gasteiger partial charge in [-0.05, 0) is 116 Å². The van der Waals surface area contributed by atoms with Gasteiger partial charge in [-0.3, -0.25) is 0 Å². The third-order valence-electron chi connectivity index (χ3n) is 12.2. The standard InChI is InChI=1S/C39H60O3Si/c1-26(2)15-14-16-27(3)31-25-32(42-43(8,9)10)35-29-19-20-33-37(4,5)34(41-36(40)28-17-12-11-13-18-28)22-24-38(33,6)30(29)21-23-39(31,35)7/h11-13,17-18,26-27,31,33-34H,14-16,19-25H2,1-10H3/t27-,31-,33?,34+,38-,39-/m1/s1. The van der Waals surface area contributed by atoms with Crippen molar-refractivity contribution in [1.29, 1.82) is 0 Å². The molecule has 1 unspecified atom stereocenters. The lowest BCUT2D eigenvalue weighted by Gasteiger charge is -2.59. The van der Waals surface area contributed by atoms with E-state index in [1.165, 1.54) is 37.9 Å². The highest BCUT2D eigenvalue weighted by Gasteiger charge is 2.59. The molecule has 4 aliphatic rings. The minimum absolute atomic E-state index is 0.0539. The number of carbonyl (C=O) groups is 1. The maximum atomic E-state index is 13.1. The molecule has 1 fully saturated rings. The normalized spacial score (nSPS) is 32.7. The molecule has 0 radical (unpaired) electrons. The predicted octanol–water partition coefficient (Wildman–Crippen LogP) is 11.1. The van der Waals surface area contributed by atoms with Gasteiger partial charge >= 0.3 is 5.97 Å². The average Bonchev–Trinajstić information content (AvgIpc) is 3.21. The number of rotatable bonds is 9. The monoisotopic (exact) mass is 604 g/mol. The first-order valence-electron chi connectivity index (χ1n) is 17.5. The molecule has 0 spiro atoms. The number of fused-ring (bicyclic) bond motifs is 4. The van der Waals surface area contributed by atoms with E-state index in [1.807, 2.05) is 30.3 Å². The maximum Gasteiger partial charge on any atom is 0.338 e. The van der Waals surface area contributed by atoms with Crippen molar-refractivity contribution < 1.29 is 14.0 Å². The van der Waals surface area contributed by atoms with E-state index in [0.717, 1.165) is 38.0 Å². The van der Waals surface area contributed by atoms with Crippen LogP contribution in [0, 0.1) is 39.9 Å². The molecule has 0 heterocycles. The second-order valence-corrected chi connectivity index (χ2v) is 21.6. The van der Waals surface area contributed by atoms with Gasteiger partial charge in [0.15, 0.2) is 0 Å². The summed E-state index contributed by atoms with van der Waals surface area (Å²) in [5.41, 5.74) is 5.97. The minimum atomic E-state index is -1.75. The molecule has 3 nitrogen and oxygen atoms in total. The fourth-order valence-electron chi connectivity index (χ4n) is 10.1. The van der Waals surface area contributed by atoms with Gasteiger partial charge in [0.2, 0.25) is 8.32 Å². The summed E-state index contributed by atoms with van der Waals surface area (Å²) in [6, 6.07) is 9.52. The summed E-state index contributed by atoms with van der Waals surface area (Å²) in [7, 11) is -1.75. The molecule has 4 heteroatoms. The van der Waals surface area contributed by atoms with Gasteiger partial charge in [0, 0.05) is 11.8 Å². The molecular weight excluding hydrogens is 545 g/mol. The second kappa shape index (κ2) is 11.8. The number of ether oxygens (including phenoxy) is 1. The number of benzene rings is 1. The van der Waals surface area contributed by atoms with Crippen LogP contribution in [-0.2, 0) is 9.16 Å². The Morgan fingerprint density at radius 3 is 2.28 bits per heavy atom. The van der Waals surface area contributed by atoms with Crippen LogP contribution in [-0.4, -0.2) is 20.4 Å². The van der Waals surface area contributed by atoms with Gasteiger partial charge in [-0.2, -0.15) is 0 Å². The number of esters is 1. The molecule has 0 amide bonds. The number of carbonyl (C=O) groups excluding carboxylic acids is 1. The van der Waals surface area contributed by atoms with Crippen LogP contribution in [0.3, 0.4) is 0 Å². The van der Waals surface area contributed by atoms with Crippen LogP contribution in [0.25, 0.3) is 0 Å². The summed E-state index contributed by atoms with van der Waals surface area (Å²) >= 11 is 0. The fraction of sp³-hybridized carbons (Fsp3) is 0.718. The highest BCUT2D eigenvalue weighted by Crippen LogP contribution is 2.68. The Bertz CT molecular complexity index is 1250. The van der Waals surface area contributed by atoms with Crippen molar-refractivity contribution in [3.8, 4) is 0 Å². The zero-order valence-corrected chi connectivity index (χ0v) is 30.1. The molecule has 0 saturated heterocycles. The average molecular weight is 605 g/mol. The van der Waals surface area contributed by atoms with Crippen molar-refractivity contribution in [2.75, 3.05) is 0 Å². The highest BCUT2D eigenvalue weighted by molar-refractivity contribution is 6.70. The lowest BCUT2D eigenvalue weighted by Crippen LogP contribution is -2.54. The minimum Gasteiger partial charge on any atom is -0.547 e. The molecule has 5 rings (SSSR count). The van der Waals surface area contributed by atoms with E-state index in [-0.39, 0.29) is 28.3 Å². The van der Waals surface area contributed by atoms with Crippen molar-refractivity contribution in [3.05, 3.63) is 58.4 Å². The summed E-state index contributed by atoms with van der Waals surface area (Å²) in [5.74, 6) is 3.85. The first-order valence-corrected chi connectivity index (χ1v) is 20.9. The number of hydrogen-bond donors (Lipinski definition) is 0. The van der Waals surface area contributed by atoms with Gasteiger partial charge in [-0.1, -0.05) is 91.5 Å². The molecular formula is C39H60O3Si. The molecule has 1 aromatic carbocycles. The lowest BCUT2D eigenvalue weighted by atomic mass is 9.46. The van der Waals surface area contributed by atoms with Crippen LogP contribution in [0.5, 0.6) is 0 Å². The molecule has 238 valence electrons. The molecule has 1 aromatic rings. The van der Waals surface area contributed by atoms with E-state index in [9.17, 15) is 4.79 Å². The van der Waals surface area contributed by atoms with Gasteiger partial charge in [-0.15, -0.1) is 0 Å². The first kappa shape index (κ1) is 32.6. The Labute approximate surface area is 264 Å². The van der Waals surface area contributed by atoms with Crippen molar-refractivity contribution in [3.63, 3.8) is 0 Å². The van der Waals surface area contributed by atoms with E-state index in [2.05, 4.69) is 68.1 Å². The summed E-state index contributed by atoms with van der Waals surface area (Å²) in [6.45, 7) is 24.2. The van der Waals surface area contributed by atoms with Crippen molar-refractivity contribution in [1.82, 2.24) is 0 Å². The predicted molar refractivity (Wildman–Crippen MR) is 181 cm³/mol. The zero-order valence-electron chi connectivity index (χ0n) is 29.1. The van der Waals surface area contributed by atoms with Crippen LogP contribution in [0.4, 0.5) is 0 Å². The smallest absolute Gasteiger partial charge is 0.338 e. The zero-order chi connectivity index (χ0) is 31.4. The summed E-state index contributed by atoms with van der Waals surface area (Å²) < 4.78 is 13.3. The van der Waals surface area contributed by atoms with E-state index in [4.69, 9.17) is 9.16 Å².